The molecule has 0 amide bonds. The Labute approximate surface area is 281 Å². The van der Waals surface area contributed by atoms with Crippen molar-refractivity contribution in [2.24, 2.45) is 0 Å². The first-order valence-corrected chi connectivity index (χ1v) is 16.3. The van der Waals surface area contributed by atoms with Gasteiger partial charge < -0.3 is 4.42 Å². The number of benzene rings is 9. The van der Waals surface area contributed by atoms with Crippen LogP contribution in [0.5, 0.6) is 0 Å². The van der Waals surface area contributed by atoms with Gasteiger partial charge in [-0.2, -0.15) is 10.5 Å². The summed E-state index contributed by atoms with van der Waals surface area (Å²) in [6.45, 7) is 0. The zero-order chi connectivity index (χ0) is 32.6. The van der Waals surface area contributed by atoms with E-state index in [0.717, 1.165) is 49.6 Å². The van der Waals surface area contributed by atoms with Crippen LogP contribution < -0.4 is 0 Å². The van der Waals surface area contributed by atoms with Crippen LogP contribution in [0.4, 0.5) is 0 Å². The fourth-order valence-corrected chi connectivity index (χ4v) is 7.69. The summed E-state index contributed by atoms with van der Waals surface area (Å²) in [5.41, 5.74) is 7.06. The minimum absolute atomic E-state index is 0.398. The van der Waals surface area contributed by atoms with Gasteiger partial charge in [-0.1, -0.05) is 103 Å². The van der Waals surface area contributed by atoms with Crippen molar-refractivity contribution in [3.05, 3.63) is 157 Å². The predicted molar refractivity (Wildman–Crippen MR) is 202 cm³/mol. The van der Waals surface area contributed by atoms with Gasteiger partial charge in [0.1, 0.15) is 23.3 Å². The van der Waals surface area contributed by atoms with E-state index in [2.05, 4.69) is 140 Å². The third-order valence-electron chi connectivity index (χ3n) is 10.1. The van der Waals surface area contributed by atoms with Crippen molar-refractivity contribution in [2.75, 3.05) is 0 Å². The zero-order valence-corrected chi connectivity index (χ0v) is 26.2. The van der Waals surface area contributed by atoms with Gasteiger partial charge in [0.2, 0.25) is 0 Å². The minimum atomic E-state index is 0.398. The van der Waals surface area contributed by atoms with Gasteiger partial charge in [-0.25, -0.2) is 0 Å². The topological polar surface area (TPSA) is 60.7 Å². The van der Waals surface area contributed by atoms with Crippen LogP contribution >= 0.6 is 0 Å². The lowest BCUT2D eigenvalue weighted by atomic mass is 9.90. The maximum Gasteiger partial charge on any atom is 0.136 e. The molecule has 224 valence electrons. The van der Waals surface area contributed by atoms with Crippen molar-refractivity contribution in [3.8, 4) is 34.4 Å². The van der Waals surface area contributed by atoms with E-state index in [-0.39, 0.29) is 0 Å². The molecule has 3 nitrogen and oxygen atoms in total. The molecule has 0 aliphatic heterocycles. The number of fused-ring (bicyclic) bond motifs is 12. The Balaban J connectivity index is 1.11. The summed E-state index contributed by atoms with van der Waals surface area (Å²) in [4.78, 5) is 0. The second kappa shape index (κ2) is 10.3. The normalized spacial score (nSPS) is 11.6. The Morgan fingerprint density at radius 2 is 0.898 bits per heavy atom. The van der Waals surface area contributed by atoms with Crippen LogP contribution in [0, 0.1) is 22.7 Å². The van der Waals surface area contributed by atoms with Gasteiger partial charge in [0, 0.05) is 10.8 Å². The monoisotopic (exact) mass is 620 g/mol. The first-order valence-electron chi connectivity index (χ1n) is 16.3. The van der Waals surface area contributed by atoms with Crippen LogP contribution in [-0.2, 0) is 0 Å². The summed E-state index contributed by atoms with van der Waals surface area (Å²) in [6, 6.07) is 55.5. The molecule has 0 radical (unpaired) electrons. The van der Waals surface area contributed by atoms with Crippen molar-refractivity contribution >= 4 is 75.8 Å². The van der Waals surface area contributed by atoms with Crippen LogP contribution in [0.25, 0.3) is 98.1 Å². The SMILES string of the molecule is N#Cc1cc2ccc(-c3ccc(-c4ccc5c(c4)c4ccccc4c4cc6c(cc54)oc4ccc5ccccc5c46)cc3)cc2cc1C#N. The molecular formula is C46H24N2O. The molecule has 1 aromatic heterocycles. The third kappa shape index (κ3) is 4.07. The summed E-state index contributed by atoms with van der Waals surface area (Å²) in [5.74, 6) is 0. The highest BCUT2D eigenvalue weighted by Crippen LogP contribution is 2.42. The Morgan fingerprint density at radius 3 is 1.63 bits per heavy atom. The number of nitriles is 2. The van der Waals surface area contributed by atoms with Gasteiger partial charge >= 0.3 is 0 Å². The van der Waals surface area contributed by atoms with E-state index in [4.69, 9.17) is 4.42 Å². The van der Waals surface area contributed by atoms with E-state index in [0.29, 0.717) is 11.1 Å². The summed E-state index contributed by atoms with van der Waals surface area (Å²) in [7, 11) is 0. The average molecular weight is 621 g/mol. The molecule has 49 heavy (non-hydrogen) atoms. The van der Waals surface area contributed by atoms with Crippen LogP contribution in [0.2, 0.25) is 0 Å². The molecule has 0 saturated heterocycles. The molecule has 9 aromatic carbocycles. The highest BCUT2D eigenvalue weighted by molar-refractivity contribution is 6.30. The molecule has 10 rings (SSSR count). The first-order chi connectivity index (χ1) is 24.2. The number of hydrogen-bond acceptors (Lipinski definition) is 3. The number of rotatable bonds is 2. The maximum atomic E-state index is 9.51. The second-order valence-electron chi connectivity index (χ2n) is 12.7. The fraction of sp³-hybridized carbons (Fsp3) is 0. The van der Waals surface area contributed by atoms with Crippen molar-refractivity contribution < 1.29 is 4.42 Å². The van der Waals surface area contributed by atoms with Crippen molar-refractivity contribution in [2.45, 2.75) is 0 Å². The van der Waals surface area contributed by atoms with E-state index in [1.807, 2.05) is 6.07 Å². The lowest BCUT2D eigenvalue weighted by molar-refractivity contribution is 0.670. The lowest BCUT2D eigenvalue weighted by Crippen LogP contribution is -1.87. The van der Waals surface area contributed by atoms with Crippen molar-refractivity contribution in [1.29, 1.82) is 10.5 Å². The van der Waals surface area contributed by atoms with Gasteiger partial charge in [-0.15, -0.1) is 0 Å². The zero-order valence-electron chi connectivity index (χ0n) is 26.2. The summed E-state index contributed by atoms with van der Waals surface area (Å²) in [6.07, 6.45) is 0. The van der Waals surface area contributed by atoms with Gasteiger partial charge in [0.15, 0.2) is 0 Å². The minimum Gasteiger partial charge on any atom is -0.456 e. The lowest BCUT2D eigenvalue weighted by Gasteiger charge is -2.13. The van der Waals surface area contributed by atoms with Crippen LogP contribution in [0.3, 0.4) is 0 Å². The van der Waals surface area contributed by atoms with Crippen LogP contribution in [0.1, 0.15) is 11.1 Å². The van der Waals surface area contributed by atoms with E-state index >= 15 is 0 Å². The Hall–Kier alpha value is -6.94. The molecular weight excluding hydrogens is 597 g/mol. The predicted octanol–water partition coefficient (Wildman–Crippen LogP) is 12.4. The Morgan fingerprint density at radius 1 is 0.347 bits per heavy atom. The second-order valence-corrected chi connectivity index (χ2v) is 12.7. The van der Waals surface area contributed by atoms with Gasteiger partial charge in [-0.3, -0.25) is 0 Å². The highest BCUT2D eigenvalue weighted by atomic mass is 16.3. The van der Waals surface area contributed by atoms with Crippen molar-refractivity contribution in [1.82, 2.24) is 0 Å². The molecule has 0 atom stereocenters. The van der Waals surface area contributed by atoms with Gasteiger partial charge in [0.05, 0.1) is 11.1 Å². The Kier molecular flexibility index (Phi) is 5.71. The molecule has 3 heteroatoms. The molecule has 0 N–H and O–H groups in total. The number of nitrogens with zero attached hydrogens (tertiary/aromatic N) is 2. The molecule has 0 bridgehead atoms. The smallest absolute Gasteiger partial charge is 0.136 e. The van der Waals surface area contributed by atoms with Gasteiger partial charge in [-0.05, 0) is 119 Å². The molecule has 0 spiro atoms. The Bertz CT molecular complexity index is 3120. The van der Waals surface area contributed by atoms with Crippen LogP contribution in [-0.4, -0.2) is 0 Å². The maximum absolute atomic E-state index is 9.51. The molecule has 0 aliphatic rings. The standard InChI is InChI=1S/C46H24N2O/c47-25-34-20-31-14-13-30(19-33(31)21-35(34)26-48)27-9-11-28(12-10-27)32-15-17-39-40(22-32)37-7-3-4-8-38(37)41-23-43-45(24-42(39)41)49-44-18-16-29-5-1-2-6-36(29)46(43)44/h1-24H. The average Bonchev–Trinajstić information content (AvgIpc) is 3.54. The summed E-state index contributed by atoms with van der Waals surface area (Å²) >= 11 is 0. The van der Waals surface area contributed by atoms with E-state index in [1.165, 1.54) is 48.5 Å². The summed E-state index contributed by atoms with van der Waals surface area (Å²) < 4.78 is 6.49. The third-order valence-corrected chi connectivity index (χ3v) is 10.1. The van der Waals surface area contributed by atoms with E-state index in [9.17, 15) is 10.5 Å². The molecule has 0 saturated carbocycles. The van der Waals surface area contributed by atoms with E-state index in [1.54, 1.807) is 12.1 Å². The highest BCUT2D eigenvalue weighted by Gasteiger charge is 2.16. The molecule has 10 aromatic rings. The molecule has 0 unspecified atom stereocenters. The number of hydrogen-bond donors (Lipinski definition) is 0. The first kappa shape index (κ1) is 27.2. The quantitative estimate of drug-likeness (QED) is 0.181. The largest absolute Gasteiger partial charge is 0.456 e. The molecule has 1 heterocycles. The number of furan rings is 1. The molecule has 0 fully saturated rings. The fourth-order valence-electron chi connectivity index (χ4n) is 7.69. The van der Waals surface area contributed by atoms with Crippen molar-refractivity contribution in [3.63, 3.8) is 0 Å². The van der Waals surface area contributed by atoms with Crippen LogP contribution in [0.15, 0.2) is 150 Å². The summed E-state index contributed by atoms with van der Waals surface area (Å²) in [5, 5.41) is 32.8. The molecule has 0 aliphatic carbocycles. The van der Waals surface area contributed by atoms with E-state index < -0.39 is 0 Å². The van der Waals surface area contributed by atoms with Gasteiger partial charge in [0.25, 0.3) is 0 Å².